The van der Waals surface area contributed by atoms with Crippen molar-refractivity contribution in [2.75, 3.05) is 24.8 Å². The van der Waals surface area contributed by atoms with E-state index in [0.717, 1.165) is 6.42 Å². The van der Waals surface area contributed by atoms with Crippen LogP contribution in [0.2, 0.25) is 0 Å². The number of halogens is 3. The number of aromatic nitrogens is 2. The quantitative estimate of drug-likeness (QED) is 0.706. The van der Waals surface area contributed by atoms with E-state index in [1.807, 2.05) is 11.8 Å². The maximum atomic E-state index is 11.9. The summed E-state index contributed by atoms with van der Waals surface area (Å²) in [5.41, 5.74) is 0.502. The molecule has 2 N–H and O–H groups in total. The third kappa shape index (κ3) is 5.87. The molecular formula is C12H20Cl3N3O2. The molecule has 1 aromatic rings. The van der Waals surface area contributed by atoms with Crippen LogP contribution in [0.4, 0.5) is 0 Å². The second kappa shape index (κ2) is 10.3. The molecule has 0 radical (unpaired) electrons. The van der Waals surface area contributed by atoms with E-state index in [-0.39, 0.29) is 18.0 Å². The highest BCUT2D eigenvalue weighted by Gasteiger charge is 2.13. The minimum absolute atomic E-state index is 0. The Labute approximate surface area is 134 Å². The molecule has 1 aromatic heterocycles. The molecule has 0 amide bonds. The molecule has 0 aliphatic heterocycles. The second-order valence-electron chi connectivity index (χ2n) is 4.27. The molecule has 5 nitrogen and oxygen atoms in total. The van der Waals surface area contributed by atoms with Crippen molar-refractivity contribution in [1.29, 1.82) is 0 Å². The number of nitrogens with one attached hydrogen (secondary N) is 2. The van der Waals surface area contributed by atoms with Gasteiger partial charge in [0.2, 0.25) is 0 Å². The number of H-pyrrole nitrogens is 2. The van der Waals surface area contributed by atoms with Gasteiger partial charge in [-0.05, 0) is 6.42 Å². The van der Waals surface area contributed by atoms with Crippen molar-refractivity contribution >= 4 is 35.6 Å². The first-order valence-electron chi connectivity index (χ1n) is 6.31. The van der Waals surface area contributed by atoms with Gasteiger partial charge in [0.1, 0.15) is 0 Å². The van der Waals surface area contributed by atoms with Crippen molar-refractivity contribution in [3.63, 3.8) is 0 Å². The predicted molar refractivity (Wildman–Crippen MR) is 85.6 cm³/mol. The summed E-state index contributed by atoms with van der Waals surface area (Å²) in [5.74, 6) is 0.947. The first kappa shape index (κ1) is 19.5. The van der Waals surface area contributed by atoms with Gasteiger partial charge in [0.15, 0.2) is 0 Å². The summed E-state index contributed by atoms with van der Waals surface area (Å²) in [5, 5.41) is 0. The Bertz CT molecular complexity index is 495. The molecule has 0 saturated carbocycles. The molecule has 0 fully saturated rings. The van der Waals surface area contributed by atoms with Crippen LogP contribution in [-0.4, -0.2) is 39.7 Å². The lowest BCUT2D eigenvalue weighted by Gasteiger charge is -2.20. The third-order valence-electron chi connectivity index (χ3n) is 2.81. The lowest BCUT2D eigenvalue weighted by Crippen LogP contribution is -2.34. The molecule has 0 aromatic carbocycles. The van der Waals surface area contributed by atoms with Crippen molar-refractivity contribution in [2.45, 2.75) is 26.3 Å². The molecule has 8 heteroatoms. The molecule has 1 rings (SSSR count). The SMILES string of the molecule is CCCc1[nH]c(=O)[nH]c(=O)c1CN(CCCl)CCCl.Cl. The zero-order valence-corrected chi connectivity index (χ0v) is 13.7. The van der Waals surface area contributed by atoms with Gasteiger partial charge in [-0.25, -0.2) is 4.79 Å². The van der Waals surface area contributed by atoms with Crippen LogP contribution >= 0.6 is 35.6 Å². The van der Waals surface area contributed by atoms with Crippen LogP contribution in [0.25, 0.3) is 0 Å². The summed E-state index contributed by atoms with van der Waals surface area (Å²) in [6.45, 7) is 3.75. The van der Waals surface area contributed by atoms with Gasteiger partial charge in [-0.1, -0.05) is 13.3 Å². The minimum atomic E-state index is -0.460. The second-order valence-corrected chi connectivity index (χ2v) is 5.03. The lowest BCUT2D eigenvalue weighted by molar-refractivity contribution is 0.296. The number of alkyl halides is 2. The highest BCUT2D eigenvalue weighted by molar-refractivity contribution is 6.18. The molecule has 1 heterocycles. The normalized spacial score (nSPS) is 10.6. The van der Waals surface area contributed by atoms with Crippen molar-refractivity contribution in [3.05, 3.63) is 32.1 Å². The van der Waals surface area contributed by atoms with E-state index in [0.29, 0.717) is 49.1 Å². The summed E-state index contributed by atoms with van der Waals surface area (Å²) >= 11 is 11.5. The van der Waals surface area contributed by atoms with Crippen LogP contribution in [0.3, 0.4) is 0 Å². The van der Waals surface area contributed by atoms with E-state index in [1.165, 1.54) is 0 Å². The van der Waals surface area contributed by atoms with E-state index in [2.05, 4.69) is 9.97 Å². The Balaban J connectivity index is 0.00000361. The fourth-order valence-electron chi connectivity index (χ4n) is 1.92. The summed E-state index contributed by atoms with van der Waals surface area (Å²) < 4.78 is 0. The van der Waals surface area contributed by atoms with Crippen molar-refractivity contribution in [1.82, 2.24) is 14.9 Å². The van der Waals surface area contributed by atoms with Gasteiger partial charge >= 0.3 is 5.69 Å². The molecule has 0 saturated heterocycles. The highest BCUT2D eigenvalue weighted by atomic mass is 35.5. The molecule has 116 valence electrons. The Morgan fingerprint density at radius 1 is 1.10 bits per heavy atom. The van der Waals surface area contributed by atoms with Gasteiger partial charge in [0, 0.05) is 37.1 Å². The van der Waals surface area contributed by atoms with Crippen LogP contribution in [0.1, 0.15) is 24.6 Å². The van der Waals surface area contributed by atoms with Crippen LogP contribution < -0.4 is 11.2 Å². The van der Waals surface area contributed by atoms with Crippen molar-refractivity contribution < 1.29 is 0 Å². The number of aryl methyl sites for hydroxylation is 1. The highest BCUT2D eigenvalue weighted by Crippen LogP contribution is 2.06. The number of hydrogen-bond donors (Lipinski definition) is 2. The Morgan fingerprint density at radius 3 is 2.20 bits per heavy atom. The Hall–Kier alpha value is -0.490. The summed E-state index contributed by atoms with van der Waals surface area (Å²) in [6, 6.07) is 0. The zero-order chi connectivity index (χ0) is 14.3. The monoisotopic (exact) mass is 343 g/mol. The molecule has 0 bridgehead atoms. The van der Waals surface area contributed by atoms with Crippen LogP contribution in [0.5, 0.6) is 0 Å². The minimum Gasteiger partial charge on any atom is -0.311 e. The standard InChI is InChI=1S/C12H19Cl2N3O2.ClH/c1-2-3-10-9(11(18)16-12(19)15-10)8-17(6-4-13)7-5-14;/h2-8H2,1H3,(H2,15,16,18,19);1H. The number of nitrogens with zero attached hydrogens (tertiary/aromatic N) is 1. The fourth-order valence-corrected chi connectivity index (χ4v) is 2.40. The van der Waals surface area contributed by atoms with Gasteiger partial charge in [-0.2, -0.15) is 0 Å². The average Bonchev–Trinajstić information content (AvgIpc) is 2.34. The van der Waals surface area contributed by atoms with E-state index < -0.39 is 5.69 Å². The molecular weight excluding hydrogens is 325 g/mol. The van der Waals surface area contributed by atoms with E-state index in [9.17, 15) is 9.59 Å². The summed E-state index contributed by atoms with van der Waals surface area (Å²) in [7, 11) is 0. The van der Waals surface area contributed by atoms with Gasteiger partial charge in [0.05, 0.1) is 5.56 Å². The summed E-state index contributed by atoms with van der Waals surface area (Å²) in [4.78, 5) is 30.2. The number of rotatable bonds is 8. The van der Waals surface area contributed by atoms with Gasteiger partial charge in [-0.15, -0.1) is 35.6 Å². The molecule has 0 aliphatic rings. The van der Waals surface area contributed by atoms with Gasteiger partial charge in [0.25, 0.3) is 5.56 Å². The largest absolute Gasteiger partial charge is 0.325 e. The van der Waals surface area contributed by atoms with Crippen LogP contribution in [-0.2, 0) is 13.0 Å². The molecule has 0 spiro atoms. The fraction of sp³-hybridized carbons (Fsp3) is 0.667. The summed E-state index contributed by atoms with van der Waals surface area (Å²) in [6.07, 6.45) is 1.53. The molecule has 0 unspecified atom stereocenters. The first-order valence-corrected chi connectivity index (χ1v) is 7.37. The maximum absolute atomic E-state index is 11.9. The van der Waals surface area contributed by atoms with E-state index >= 15 is 0 Å². The van der Waals surface area contributed by atoms with Crippen LogP contribution in [0, 0.1) is 0 Å². The first-order chi connectivity index (χ1) is 9.12. The Kier molecular flexibility index (Phi) is 10.0. The molecule has 20 heavy (non-hydrogen) atoms. The van der Waals surface area contributed by atoms with Crippen LogP contribution in [0.15, 0.2) is 9.59 Å². The smallest absolute Gasteiger partial charge is 0.311 e. The third-order valence-corrected chi connectivity index (χ3v) is 3.15. The van der Waals surface area contributed by atoms with Crippen molar-refractivity contribution in [3.8, 4) is 0 Å². The predicted octanol–water partition coefficient (Wildman–Crippen LogP) is 1.72. The number of hydrogen-bond acceptors (Lipinski definition) is 3. The number of aromatic amines is 2. The maximum Gasteiger partial charge on any atom is 0.325 e. The lowest BCUT2D eigenvalue weighted by atomic mass is 10.1. The Morgan fingerprint density at radius 2 is 1.70 bits per heavy atom. The topological polar surface area (TPSA) is 69.0 Å². The van der Waals surface area contributed by atoms with Crippen molar-refractivity contribution in [2.24, 2.45) is 0 Å². The average molecular weight is 345 g/mol. The van der Waals surface area contributed by atoms with E-state index in [1.54, 1.807) is 0 Å². The van der Waals surface area contributed by atoms with Gasteiger partial charge < -0.3 is 4.98 Å². The van der Waals surface area contributed by atoms with E-state index in [4.69, 9.17) is 23.2 Å². The zero-order valence-electron chi connectivity index (χ0n) is 11.4. The van der Waals surface area contributed by atoms with Gasteiger partial charge in [-0.3, -0.25) is 14.7 Å². The molecule has 0 aliphatic carbocycles. The molecule has 0 atom stereocenters.